The Morgan fingerprint density at radius 1 is 1.07 bits per heavy atom. The van der Waals surface area contributed by atoms with Gasteiger partial charge in [-0.05, 0) is 72.4 Å². The Hall–Kier alpha value is -5.03. The number of Topliss-reactive ketones (excluding diaryl/α,β-unsaturated/α-hetero) is 1. The second kappa shape index (κ2) is 12.7. The monoisotopic (exact) mass is 597 g/mol. The lowest BCUT2D eigenvalue weighted by Crippen LogP contribution is -2.59. The summed E-state index contributed by atoms with van der Waals surface area (Å²) >= 11 is 0. The number of carbonyl (C=O) groups is 4. The van der Waals surface area contributed by atoms with Crippen molar-refractivity contribution in [1.29, 1.82) is 0 Å². The van der Waals surface area contributed by atoms with Gasteiger partial charge in [0, 0.05) is 19.9 Å². The molecule has 2 heterocycles. The molecule has 1 aliphatic heterocycles. The highest BCUT2D eigenvalue weighted by atomic mass is 16.5. The van der Waals surface area contributed by atoms with Crippen LogP contribution >= 0.6 is 0 Å². The van der Waals surface area contributed by atoms with Gasteiger partial charge in [-0.25, -0.2) is 4.98 Å². The van der Waals surface area contributed by atoms with Crippen molar-refractivity contribution in [1.82, 2.24) is 20.2 Å². The van der Waals surface area contributed by atoms with Gasteiger partial charge >= 0.3 is 5.97 Å². The van der Waals surface area contributed by atoms with Crippen LogP contribution in [-0.4, -0.2) is 68.3 Å². The number of phenolic OH excluding ortho intramolecular Hbond substituents is 1. The van der Waals surface area contributed by atoms with Crippen molar-refractivity contribution in [2.24, 2.45) is 5.73 Å². The molecule has 0 spiro atoms. The van der Waals surface area contributed by atoms with Gasteiger partial charge in [-0.1, -0.05) is 36.4 Å². The third kappa shape index (κ3) is 6.47. The van der Waals surface area contributed by atoms with Crippen molar-refractivity contribution in [2.75, 3.05) is 6.61 Å². The summed E-state index contributed by atoms with van der Waals surface area (Å²) in [7, 11) is 0. The summed E-state index contributed by atoms with van der Waals surface area (Å²) in [5.41, 5.74) is 11.9. The number of fused-ring (bicyclic) bond motifs is 2. The molecule has 0 bridgehead atoms. The molecule has 4 aromatic rings. The minimum absolute atomic E-state index is 0.00670. The zero-order valence-corrected chi connectivity index (χ0v) is 24.8. The molecule has 11 nitrogen and oxygen atoms in total. The van der Waals surface area contributed by atoms with Crippen molar-refractivity contribution in [3.05, 3.63) is 94.3 Å². The number of ether oxygens (including phenoxy) is 1. The standard InChI is InChI=1S/C33H35N5O6/c1-18-12-23(40)13-19(2)24(18)15-25(34)33(43)38-16-22-9-5-4-8-21(22)14-29(38)32(42)37-28(17-44-20(3)39)30(41)31-35-26-10-6-7-11-27(26)36-31/h4-13,25,28-29,40H,14-17,34H2,1-3H3,(H,35,36)(H,37,42)/t25-,28-,29-/m0/s1. The maximum absolute atomic E-state index is 13.9. The van der Waals surface area contributed by atoms with Crippen LogP contribution in [0.5, 0.6) is 5.75 Å². The first kappa shape index (κ1) is 30.4. The first-order chi connectivity index (χ1) is 21.0. The van der Waals surface area contributed by atoms with Crippen LogP contribution in [0.2, 0.25) is 0 Å². The number of hydrogen-bond donors (Lipinski definition) is 4. The third-order valence-corrected chi connectivity index (χ3v) is 7.97. The van der Waals surface area contributed by atoms with Crippen LogP contribution in [0.3, 0.4) is 0 Å². The van der Waals surface area contributed by atoms with Gasteiger partial charge < -0.3 is 30.8 Å². The Balaban J connectivity index is 1.41. The molecule has 3 aromatic carbocycles. The summed E-state index contributed by atoms with van der Waals surface area (Å²) in [4.78, 5) is 61.8. The molecule has 44 heavy (non-hydrogen) atoms. The molecule has 0 radical (unpaired) electrons. The number of phenols is 1. The zero-order valence-electron chi connectivity index (χ0n) is 24.8. The van der Waals surface area contributed by atoms with E-state index >= 15 is 0 Å². The van der Waals surface area contributed by atoms with E-state index in [1.54, 1.807) is 36.4 Å². The number of hydrogen-bond acceptors (Lipinski definition) is 8. The van der Waals surface area contributed by atoms with Crippen LogP contribution in [0.4, 0.5) is 0 Å². The average Bonchev–Trinajstić information content (AvgIpc) is 3.44. The number of aryl methyl sites for hydroxylation is 2. The molecule has 0 aliphatic carbocycles. The number of para-hydroxylation sites is 2. The predicted octanol–water partition coefficient (Wildman–Crippen LogP) is 2.64. The molecule has 5 rings (SSSR count). The van der Waals surface area contributed by atoms with Gasteiger partial charge in [0.1, 0.15) is 24.4 Å². The summed E-state index contributed by atoms with van der Waals surface area (Å²) in [5, 5.41) is 12.7. The molecule has 0 unspecified atom stereocenters. The molecule has 3 atom stereocenters. The Labute approximate surface area is 254 Å². The van der Waals surface area contributed by atoms with Crippen LogP contribution < -0.4 is 11.1 Å². The van der Waals surface area contributed by atoms with Gasteiger partial charge in [0.05, 0.1) is 17.1 Å². The molecule has 5 N–H and O–H groups in total. The van der Waals surface area contributed by atoms with E-state index in [1.165, 1.54) is 11.8 Å². The number of nitrogens with one attached hydrogen (secondary N) is 2. The topological polar surface area (TPSA) is 168 Å². The molecule has 2 amide bonds. The van der Waals surface area contributed by atoms with Crippen molar-refractivity contribution in [3.8, 4) is 5.75 Å². The minimum atomic E-state index is -1.25. The van der Waals surface area contributed by atoms with E-state index in [9.17, 15) is 24.3 Å². The Kier molecular flexibility index (Phi) is 8.77. The molecular weight excluding hydrogens is 562 g/mol. The number of carbonyl (C=O) groups excluding carboxylic acids is 4. The summed E-state index contributed by atoms with van der Waals surface area (Å²) in [6, 6.07) is 14.7. The van der Waals surface area contributed by atoms with Gasteiger partial charge in [-0.3, -0.25) is 19.2 Å². The van der Waals surface area contributed by atoms with Gasteiger partial charge in [0.2, 0.25) is 17.6 Å². The number of H-pyrrole nitrogens is 1. The number of aromatic hydroxyl groups is 1. The number of aromatic amines is 1. The van der Waals surface area contributed by atoms with Gasteiger partial charge in [-0.2, -0.15) is 0 Å². The highest BCUT2D eigenvalue weighted by Crippen LogP contribution is 2.26. The fourth-order valence-corrected chi connectivity index (χ4v) is 5.69. The molecule has 1 aliphatic rings. The van der Waals surface area contributed by atoms with Gasteiger partial charge in [0.15, 0.2) is 5.82 Å². The van der Waals surface area contributed by atoms with Crippen LogP contribution in [-0.2, 0) is 38.5 Å². The Bertz CT molecular complexity index is 1690. The lowest BCUT2D eigenvalue weighted by molar-refractivity contribution is -0.144. The molecule has 0 fully saturated rings. The highest BCUT2D eigenvalue weighted by molar-refractivity contribution is 6.02. The second-order valence-electron chi connectivity index (χ2n) is 11.2. The number of esters is 1. The molecular formula is C33H35N5O6. The number of aromatic nitrogens is 2. The molecule has 1 aromatic heterocycles. The van der Waals surface area contributed by atoms with Gasteiger partial charge in [-0.15, -0.1) is 0 Å². The first-order valence-corrected chi connectivity index (χ1v) is 14.4. The van der Waals surface area contributed by atoms with E-state index in [4.69, 9.17) is 10.5 Å². The number of nitrogens with two attached hydrogens (primary N) is 1. The summed E-state index contributed by atoms with van der Waals surface area (Å²) in [6.07, 6.45) is 0.416. The zero-order chi connectivity index (χ0) is 31.5. The highest BCUT2D eigenvalue weighted by Gasteiger charge is 2.38. The summed E-state index contributed by atoms with van der Waals surface area (Å²) in [6.45, 7) is 4.64. The average molecular weight is 598 g/mol. The summed E-state index contributed by atoms with van der Waals surface area (Å²) in [5.74, 6) is -2.05. The fourth-order valence-electron chi connectivity index (χ4n) is 5.69. The van der Waals surface area contributed by atoms with E-state index < -0.39 is 48.3 Å². The fraction of sp³-hybridized carbons (Fsp3) is 0.303. The largest absolute Gasteiger partial charge is 0.508 e. The SMILES string of the molecule is CC(=O)OC[C@H](NC(=O)[C@@H]1Cc2ccccc2CN1C(=O)[C@@H](N)Cc1c(C)cc(O)cc1C)C(=O)c1nc2ccccc2[nH]1. The minimum Gasteiger partial charge on any atom is -0.508 e. The Morgan fingerprint density at radius 3 is 2.41 bits per heavy atom. The number of benzene rings is 3. The maximum Gasteiger partial charge on any atom is 0.302 e. The quantitative estimate of drug-likeness (QED) is 0.169. The molecule has 0 saturated heterocycles. The number of ketones is 1. The maximum atomic E-state index is 13.9. The van der Waals surface area contributed by atoms with Gasteiger partial charge in [0.25, 0.3) is 0 Å². The van der Waals surface area contributed by atoms with Crippen LogP contribution in [0.25, 0.3) is 11.0 Å². The lowest BCUT2D eigenvalue weighted by atomic mass is 9.91. The number of amides is 2. The molecule has 228 valence electrons. The second-order valence-corrected chi connectivity index (χ2v) is 11.2. The van der Waals surface area contributed by atoms with E-state index in [2.05, 4.69) is 15.3 Å². The van der Waals surface area contributed by atoms with Crippen molar-refractivity contribution in [2.45, 2.75) is 58.3 Å². The normalized spacial score (nSPS) is 15.7. The number of imidazole rings is 1. The Morgan fingerprint density at radius 2 is 1.73 bits per heavy atom. The first-order valence-electron chi connectivity index (χ1n) is 14.4. The predicted molar refractivity (Wildman–Crippen MR) is 163 cm³/mol. The number of rotatable bonds is 9. The summed E-state index contributed by atoms with van der Waals surface area (Å²) < 4.78 is 5.14. The van der Waals surface area contributed by atoms with Crippen LogP contribution in [0.15, 0.2) is 60.7 Å². The van der Waals surface area contributed by atoms with E-state index in [-0.39, 0.29) is 31.0 Å². The van der Waals surface area contributed by atoms with E-state index in [0.29, 0.717) is 11.0 Å². The van der Waals surface area contributed by atoms with Crippen LogP contribution in [0, 0.1) is 13.8 Å². The van der Waals surface area contributed by atoms with E-state index in [0.717, 1.165) is 27.8 Å². The van der Waals surface area contributed by atoms with E-state index in [1.807, 2.05) is 38.1 Å². The van der Waals surface area contributed by atoms with Crippen LogP contribution in [0.1, 0.15) is 45.4 Å². The molecule has 11 heteroatoms. The van der Waals surface area contributed by atoms with Crippen molar-refractivity contribution in [3.63, 3.8) is 0 Å². The van der Waals surface area contributed by atoms with Crippen molar-refractivity contribution >= 4 is 34.6 Å². The third-order valence-electron chi connectivity index (χ3n) is 7.97. The lowest BCUT2D eigenvalue weighted by Gasteiger charge is -2.38. The number of nitrogens with zero attached hydrogens (tertiary/aromatic N) is 2. The molecule has 0 saturated carbocycles. The van der Waals surface area contributed by atoms with Crippen molar-refractivity contribution < 1.29 is 29.0 Å². The smallest absolute Gasteiger partial charge is 0.302 e.